The van der Waals surface area contributed by atoms with Gasteiger partial charge in [0.25, 0.3) is 5.71 Å². The average molecular weight is 254 g/mol. The van der Waals surface area contributed by atoms with Crippen molar-refractivity contribution < 1.29 is 4.52 Å². The minimum atomic E-state index is 0.530. The van der Waals surface area contributed by atoms with E-state index in [2.05, 4.69) is 32.2 Å². The smallest absolute Gasteiger partial charge is 0.263 e. The van der Waals surface area contributed by atoms with Gasteiger partial charge in [0.2, 0.25) is 0 Å². The molecule has 0 amide bonds. The number of hydrogen-bond donors (Lipinski definition) is 0. The molecule has 19 heavy (non-hydrogen) atoms. The zero-order valence-corrected chi connectivity index (χ0v) is 10.9. The van der Waals surface area contributed by atoms with Crippen LogP contribution in [0.15, 0.2) is 41.2 Å². The van der Waals surface area contributed by atoms with Gasteiger partial charge in [-0.1, -0.05) is 35.5 Å². The lowest BCUT2D eigenvalue weighted by molar-refractivity contribution is 0.442. The van der Waals surface area contributed by atoms with Gasteiger partial charge in [-0.25, -0.2) is 4.98 Å². The Kier molecular flexibility index (Phi) is 2.87. The van der Waals surface area contributed by atoms with E-state index in [9.17, 15) is 0 Å². The van der Waals surface area contributed by atoms with Crippen LogP contribution < -0.4 is 4.90 Å². The Hall–Kier alpha value is -2.43. The first-order valence-corrected chi connectivity index (χ1v) is 6.08. The maximum absolute atomic E-state index is 5.16. The third-order valence-corrected chi connectivity index (χ3v) is 3.05. The van der Waals surface area contributed by atoms with Gasteiger partial charge in [0.15, 0.2) is 0 Å². The maximum Gasteiger partial charge on any atom is 0.263 e. The molecule has 0 N–H and O–H groups in total. The number of anilines is 1. The maximum atomic E-state index is 5.16. The molecule has 0 unspecified atom stereocenters. The van der Waals surface area contributed by atoms with E-state index < -0.39 is 0 Å². The quantitative estimate of drug-likeness (QED) is 0.719. The van der Waals surface area contributed by atoms with Gasteiger partial charge in [0, 0.05) is 13.6 Å². The van der Waals surface area contributed by atoms with Gasteiger partial charge in [-0.05, 0) is 12.5 Å². The number of aromatic nitrogens is 3. The number of nitrogens with zero attached hydrogens (tertiary/aromatic N) is 4. The molecule has 0 bridgehead atoms. The van der Waals surface area contributed by atoms with Gasteiger partial charge in [-0.2, -0.15) is 4.98 Å². The van der Waals surface area contributed by atoms with Crippen LogP contribution in [0.5, 0.6) is 0 Å². The molecule has 0 saturated carbocycles. The van der Waals surface area contributed by atoms with Gasteiger partial charge in [-0.15, -0.1) is 0 Å². The molecule has 5 heteroatoms. The Morgan fingerprint density at radius 2 is 1.95 bits per heavy atom. The van der Waals surface area contributed by atoms with Crippen molar-refractivity contribution in [2.75, 3.05) is 11.9 Å². The van der Waals surface area contributed by atoms with E-state index in [0.29, 0.717) is 5.71 Å². The summed E-state index contributed by atoms with van der Waals surface area (Å²) >= 11 is 0. The third kappa shape index (κ3) is 2.14. The van der Waals surface area contributed by atoms with Crippen LogP contribution >= 0.6 is 0 Å². The lowest BCUT2D eigenvalue weighted by atomic mass is 10.2. The van der Waals surface area contributed by atoms with E-state index in [4.69, 9.17) is 4.52 Å². The minimum absolute atomic E-state index is 0.530. The Balaban J connectivity index is 1.98. The normalized spacial score (nSPS) is 10.8. The zero-order chi connectivity index (χ0) is 13.2. The lowest BCUT2D eigenvalue weighted by Crippen LogP contribution is -2.18. The second-order valence-electron chi connectivity index (χ2n) is 4.49. The highest BCUT2D eigenvalue weighted by Gasteiger charge is 2.15. The van der Waals surface area contributed by atoms with Crippen LogP contribution in [0.4, 0.5) is 5.82 Å². The monoisotopic (exact) mass is 254 g/mol. The molecule has 0 aliphatic rings. The van der Waals surface area contributed by atoms with Crippen LogP contribution in [0.1, 0.15) is 11.3 Å². The Bertz CT molecular complexity index is 693. The highest BCUT2D eigenvalue weighted by Crippen LogP contribution is 2.25. The average Bonchev–Trinajstić information content (AvgIpc) is 2.82. The van der Waals surface area contributed by atoms with Gasteiger partial charge in [-0.3, -0.25) is 0 Å². The van der Waals surface area contributed by atoms with Crippen molar-refractivity contribution in [3.63, 3.8) is 0 Å². The molecule has 2 heterocycles. The van der Waals surface area contributed by atoms with Crippen molar-refractivity contribution in [3.8, 4) is 0 Å². The highest BCUT2D eigenvalue weighted by molar-refractivity contribution is 5.87. The lowest BCUT2D eigenvalue weighted by Gasteiger charge is -2.18. The van der Waals surface area contributed by atoms with Crippen molar-refractivity contribution in [3.05, 3.63) is 47.9 Å². The Morgan fingerprint density at radius 3 is 2.74 bits per heavy atom. The summed E-state index contributed by atoms with van der Waals surface area (Å²) in [6.07, 6.45) is 1.50. The summed E-state index contributed by atoms with van der Waals surface area (Å²) < 4.78 is 5.16. The van der Waals surface area contributed by atoms with Crippen molar-refractivity contribution in [2.45, 2.75) is 13.5 Å². The van der Waals surface area contributed by atoms with E-state index in [-0.39, 0.29) is 0 Å². The SMILES string of the molecule is Cc1noc2ncnc(N(C)Cc3ccccc3)c12. The summed E-state index contributed by atoms with van der Waals surface area (Å²) in [5.74, 6) is 0.840. The number of fused-ring (bicyclic) bond motifs is 1. The van der Waals surface area contributed by atoms with Gasteiger partial charge >= 0.3 is 0 Å². The minimum Gasteiger partial charge on any atom is -0.355 e. The van der Waals surface area contributed by atoms with E-state index >= 15 is 0 Å². The Morgan fingerprint density at radius 1 is 1.16 bits per heavy atom. The van der Waals surface area contributed by atoms with E-state index in [0.717, 1.165) is 23.4 Å². The molecule has 0 atom stereocenters. The summed E-state index contributed by atoms with van der Waals surface area (Å²) in [6, 6.07) is 10.3. The summed E-state index contributed by atoms with van der Waals surface area (Å²) in [5.41, 5.74) is 2.57. The number of rotatable bonds is 3. The molecule has 0 aliphatic carbocycles. The fourth-order valence-corrected chi connectivity index (χ4v) is 2.13. The number of hydrogen-bond acceptors (Lipinski definition) is 5. The first kappa shape index (κ1) is 11.6. The molecule has 1 aromatic carbocycles. The molecule has 0 saturated heterocycles. The molecule has 3 aromatic rings. The van der Waals surface area contributed by atoms with Gasteiger partial charge < -0.3 is 9.42 Å². The van der Waals surface area contributed by atoms with Crippen LogP contribution in [0.25, 0.3) is 11.1 Å². The predicted octanol–water partition coefficient (Wildman–Crippen LogP) is 2.56. The molecule has 0 spiro atoms. The van der Waals surface area contributed by atoms with Crippen LogP contribution in [-0.2, 0) is 6.54 Å². The molecule has 96 valence electrons. The van der Waals surface area contributed by atoms with Gasteiger partial charge in [0.1, 0.15) is 17.5 Å². The fraction of sp³-hybridized carbons (Fsp3) is 0.214. The van der Waals surface area contributed by atoms with Gasteiger partial charge in [0.05, 0.1) is 5.69 Å². The largest absolute Gasteiger partial charge is 0.355 e. The molecule has 0 aliphatic heterocycles. The highest BCUT2D eigenvalue weighted by atomic mass is 16.5. The van der Waals surface area contributed by atoms with Crippen LogP contribution in [0.2, 0.25) is 0 Å². The molecule has 2 aromatic heterocycles. The van der Waals surface area contributed by atoms with Crippen molar-refractivity contribution in [1.82, 2.24) is 15.1 Å². The van der Waals surface area contributed by atoms with E-state index in [1.165, 1.54) is 11.9 Å². The summed E-state index contributed by atoms with van der Waals surface area (Å²) in [7, 11) is 2.00. The second kappa shape index (κ2) is 4.68. The number of aryl methyl sites for hydroxylation is 1. The summed E-state index contributed by atoms with van der Waals surface area (Å²) in [5, 5.41) is 4.82. The van der Waals surface area contributed by atoms with E-state index in [1.807, 2.05) is 32.2 Å². The molecular weight excluding hydrogens is 240 g/mol. The summed E-state index contributed by atoms with van der Waals surface area (Å²) in [6.45, 7) is 2.67. The van der Waals surface area contributed by atoms with Crippen molar-refractivity contribution >= 4 is 16.9 Å². The van der Waals surface area contributed by atoms with Crippen molar-refractivity contribution in [2.24, 2.45) is 0 Å². The molecular formula is C14H14N4O. The predicted molar refractivity (Wildman–Crippen MR) is 72.9 cm³/mol. The molecule has 3 rings (SSSR count). The van der Waals surface area contributed by atoms with Crippen LogP contribution in [0, 0.1) is 6.92 Å². The first-order chi connectivity index (χ1) is 9.25. The third-order valence-electron chi connectivity index (χ3n) is 3.05. The van der Waals surface area contributed by atoms with E-state index in [1.54, 1.807) is 0 Å². The number of benzene rings is 1. The van der Waals surface area contributed by atoms with Crippen LogP contribution in [-0.4, -0.2) is 22.2 Å². The fourth-order valence-electron chi connectivity index (χ4n) is 2.13. The standard InChI is InChI=1S/C14H14N4O/c1-10-12-13(15-9-16-14(12)19-17-10)18(2)8-11-6-4-3-5-7-11/h3-7,9H,8H2,1-2H3. The summed E-state index contributed by atoms with van der Waals surface area (Å²) in [4.78, 5) is 10.5. The molecule has 5 nitrogen and oxygen atoms in total. The topological polar surface area (TPSA) is 55.1 Å². The zero-order valence-electron chi connectivity index (χ0n) is 10.9. The van der Waals surface area contributed by atoms with Crippen molar-refractivity contribution in [1.29, 1.82) is 0 Å². The molecule has 0 radical (unpaired) electrons. The second-order valence-corrected chi connectivity index (χ2v) is 4.49. The molecule has 0 fully saturated rings. The Labute approximate surface area is 110 Å². The van der Waals surface area contributed by atoms with Crippen LogP contribution in [0.3, 0.4) is 0 Å². The first-order valence-electron chi connectivity index (χ1n) is 6.08.